The fraction of sp³-hybridized carbons (Fsp3) is 0.269. The van der Waals surface area contributed by atoms with Crippen LogP contribution >= 0.6 is 0 Å². The van der Waals surface area contributed by atoms with Crippen LogP contribution < -0.4 is 5.32 Å². The summed E-state index contributed by atoms with van der Waals surface area (Å²) in [6, 6.07) is 8.12. The highest BCUT2D eigenvalue weighted by atomic mass is 19.4. The maximum atomic E-state index is 13.2. The SMILES string of the molecule is [C-]#[N+]c1cnc(N[C@H](C)c2ccc(C(=O)CC3CC3)cc2)nc1-c1c[nH]c2ncc(C(F)(F)F)cc12. The number of nitrogens with one attached hydrogen (secondary N) is 2. The van der Waals surface area contributed by atoms with Crippen molar-refractivity contribution in [3.8, 4) is 11.3 Å². The lowest BCUT2D eigenvalue weighted by atomic mass is 10.0. The highest BCUT2D eigenvalue weighted by molar-refractivity contribution is 5.97. The molecule has 5 rings (SSSR count). The Balaban J connectivity index is 1.41. The first kappa shape index (κ1) is 23.5. The molecule has 2 N–H and O–H groups in total. The molecule has 3 aromatic heterocycles. The van der Waals surface area contributed by atoms with Crippen molar-refractivity contribution >= 4 is 28.5 Å². The van der Waals surface area contributed by atoms with Crippen LogP contribution in [0, 0.1) is 12.5 Å². The minimum atomic E-state index is -4.55. The van der Waals surface area contributed by atoms with Gasteiger partial charge in [0.25, 0.3) is 0 Å². The average molecular weight is 490 g/mol. The fourth-order valence-electron chi connectivity index (χ4n) is 4.02. The number of ketones is 1. The molecule has 182 valence electrons. The van der Waals surface area contributed by atoms with Gasteiger partial charge >= 0.3 is 6.18 Å². The molecule has 0 aliphatic heterocycles. The van der Waals surface area contributed by atoms with Gasteiger partial charge in [-0.1, -0.05) is 24.3 Å². The number of hydrogen-bond acceptors (Lipinski definition) is 5. The number of H-pyrrole nitrogens is 1. The van der Waals surface area contributed by atoms with Gasteiger partial charge in [0.05, 0.1) is 23.9 Å². The van der Waals surface area contributed by atoms with Crippen LogP contribution in [0.1, 0.15) is 53.7 Å². The average Bonchev–Trinajstić information content (AvgIpc) is 3.58. The molecule has 0 spiro atoms. The van der Waals surface area contributed by atoms with E-state index in [1.165, 1.54) is 12.4 Å². The molecule has 10 heteroatoms. The molecule has 7 nitrogen and oxygen atoms in total. The molecular weight excluding hydrogens is 469 g/mol. The molecule has 1 saturated carbocycles. The summed E-state index contributed by atoms with van der Waals surface area (Å²) in [6.45, 7) is 9.38. The number of Topliss-reactive ketones (excluding diaryl/α,β-unsaturated/α-hetero) is 1. The number of pyridine rings is 1. The number of nitrogens with zero attached hydrogens (tertiary/aromatic N) is 4. The maximum absolute atomic E-state index is 13.2. The maximum Gasteiger partial charge on any atom is 0.417 e. The summed E-state index contributed by atoms with van der Waals surface area (Å²) in [5, 5.41) is 3.38. The third-order valence-corrected chi connectivity index (χ3v) is 6.25. The van der Waals surface area contributed by atoms with Crippen molar-refractivity contribution in [2.75, 3.05) is 5.32 Å². The Morgan fingerprint density at radius 3 is 2.64 bits per heavy atom. The van der Waals surface area contributed by atoms with Crippen LogP contribution in [0.15, 0.2) is 48.9 Å². The van der Waals surface area contributed by atoms with Crippen LogP contribution in [-0.4, -0.2) is 25.7 Å². The van der Waals surface area contributed by atoms with Crippen LogP contribution in [0.25, 0.3) is 27.1 Å². The summed E-state index contributed by atoms with van der Waals surface area (Å²) in [5.41, 5.74) is 1.58. The van der Waals surface area contributed by atoms with Crippen molar-refractivity contribution in [1.29, 1.82) is 0 Å². The number of halogens is 3. The Hall–Kier alpha value is -4.26. The fourth-order valence-corrected chi connectivity index (χ4v) is 4.02. The van der Waals surface area contributed by atoms with E-state index in [2.05, 4.69) is 30.1 Å². The molecule has 1 fully saturated rings. The highest BCUT2D eigenvalue weighted by Gasteiger charge is 2.32. The third kappa shape index (κ3) is 4.77. The van der Waals surface area contributed by atoms with Gasteiger partial charge < -0.3 is 10.3 Å². The number of benzene rings is 1. The number of fused-ring (bicyclic) bond motifs is 1. The lowest BCUT2D eigenvalue weighted by Gasteiger charge is -2.15. The van der Waals surface area contributed by atoms with Gasteiger partial charge in [-0.05, 0) is 37.3 Å². The molecule has 1 aliphatic carbocycles. The second-order valence-corrected chi connectivity index (χ2v) is 8.92. The van der Waals surface area contributed by atoms with Crippen molar-refractivity contribution in [1.82, 2.24) is 19.9 Å². The van der Waals surface area contributed by atoms with Crippen LogP contribution in [0.4, 0.5) is 24.8 Å². The van der Waals surface area contributed by atoms with E-state index in [9.17, 15) is 18.0 Å². The third-order valence-electron chi connectivity index (χ3n) is 6.25. The van der Waals surface area contributed by atoms with Crippen molar-refractivity contribution in [2.45, 2.75) is 38.4 Å². The van der Waals surface area contributed by atoms with E-state index >= 15 is 0 Å². The Kier molecular flexibility index (Phi) is 5.92. The van der Waals surface area contributed by atoms with Crippen LogP contribution in [0.2, 0.25) is 0 Å². The lowest BCUT2D eigenvalue weighted by Crippen LogP contribution is -2.10. The minimum Gasteiger partial charge on any atom is -0.348 e. The Bertz CT molecular complexity index is 1480. The molecule has 3 heterocycles. The van der Waals surface area contributed by atoms with Crippen LogP contribution in [0.3, 0.4) is 0 Å². The van der Waals surface area contributed by atoms with Gasteiger partial charge in [0.1, 0.15) is 5.65 Å². The monoisotopic (exact) mass is 490 g/mol. The zero-order valence-corrected chi connectivity index (χ0v) is 19.2. The number of rotatable bonds is 7. The first-order valence-electron chi connectivity index (χ1n) is 11.4. The first-order chi connectivity index (χ1) is 17.2. The summed E-state index contributed by atoms with van der Waals surface area (Å²) < 4.78 is 39.7. The zero-order valence-electron chi connectivity index (χ0n) is 19.2. The summed E-state index contributed by atoms with van der Waals surface area (Å²) in [7, 11) is 0. The normalized spacial score (nSPS) is 14.4. The zero-order chi connectivity index (χ0) is 25.4. The number of aromatic amines is 1. The first-order valence-corrected chi connectivity index (χ1v) is 11.4. The largest absolute Gasteiger partial charge is 0.417 e. The number of hydrogen-bond donors (Lipinski definition) is 2. The summed E-state index contributed by atoms with van der Waals surface area (Å²) >= 11 is 0. The van der Waals surface area contributed by atoms with Gasteiger partial charge in [0.2, 0.25) is 11.6 Å². The van der Waals surface area contributed by atoms with E-state index in [-0.39, 0.29) is 40.2 Å². The van der Waals surface area contributed by atoms with E-state index in [1.807, 2.05) is 31.2 Å². The Morgan fingerprint density at radius 1 is 1.22 bits per heavy atom. The number of anilines is 1. The number of alkyl halides is 3. The van der Waals surface area contributed by atoms with Gasteiger partial charge in [0.15, 0.2) is 5.78 Å². The molecule has 36 heavy (non-hydrogen) atoms. The van der Waals surface area contributed by atoms with Crippen molar-refractivity contribution in [3.05, 3.63) is 77.0 Å². The van der Waals surface area contributed by atoms with Gasteiger partial charge in [-0.3, -0.25) is 4.79 Å². The molecule has 0 amide bonds. The summed E-state index contributed by atoms with van der Waals surface area (Å²) in [6.07, 6.45) is 1.87. The van der Waals surface area contributed by atoms with E-state index in [1.54, 1.807) is 0 Å². The molecule has 0 bridgehead atoms. The van der Waals surface area contributed by atoms with Crippen molar-refractivity contribution in [2.24, 2.45) is 5.92 Å². The van der Waals surface area contributed by atoms with Crippen molar-refractivity contribution < 1.29 is 18.0 Å². The van der Waals surface area contributed by atoms with Gasteiger partial charge in [0, 0.05) is 41.5 Å². The predicted molar refractivity (Wildman–Crippen MR) is 129 cm³/mol. The molecule has 1 atom stereocenters. The molecule has 0 unspecified atom stereocenters. The second-order valence-electron chi connectivity index (χ2n) is 8.92. The van der Waals surface area contributed by atoms with Gasteiger partial charge in [-0.2, -0.15) is 13.2 Å². The standard InChI is InChI=1S/C26H21F3N6O/c1-14(16-5-7-17(8-6-16)22(36)9-15-3-4-15)34-25-33-13-21(30-2)23(35-25)20-12-32-24-19(20)10-18(11-31-24)26(27,28)29/h5-8,10-15H,3-4,9H2,1H3,(H,31,32)(H,33,34,35)/t14-/m1/s1. The Morgan fingerprint density at radius 2 is 1.97 bits per heavy atom. The highest BCUT2D eigenvalue weighted by Crippen LogP contribution is 2.37. The molecule has 1 aliphatic rings. The smallest absolute Gasteiger partial charge is 0.348 e. The molecule has 4 aromatic rings. The van der Waals surface area contributed by atoms with Crippen molar-refractivity contribution in [3.63, 3.8) is 0 Å². The molecule has 0 saturated heterocycles. The Labute approximate surface area is 204 Å². The summed E-state index contributed by atoms with van der Waals surface area (Å²) in [5.74, 6) is 0.887. The summed E-state index contributed by atoms with van der Waals surface area (Å²) in [4.78, 5) is 31.1. The van der Waals surface area contributed by atoms with E-state index in [0.29, 0.717) is 23.5 Å². The van der Waals surface area contributed by atoms with Crippen LogP contribution in [-0.2, 0) is 6.18 Å². The topological polar surface area (TPSA) is 87.9 Å². The van der Waals surface area contributed by atoms with Crippen LogP contribution in [0.5, 0.6) is 0 Å². The molecule has 1 aromatic carbocycles. The van der Waals surface area contributed by atoms with Gasteiger partial charge in [-0.25, -0.2) is 19.8 Å². The number of aromatic nitrogens is 4. The number of carbonyl (C=O) groups is 1. The molecular formula is C26H21F3N6O. The second kappa shape index (κ2) is 9.07. The minimum absolute atomic E-state index is 0.102. The van der Waals surface area contributed by atoms with Gasteiger partial charge in [-0.15, -0.1) is 0 Å². The number of carbonyl (C=O) groups excluding carboxylic acids is 1. The lowest BCUT2D eigenvalue weighted by molar-refractivity contribution is -0.137. The van der Waals surface area contributed by atoms with E-state index in [4.69, 9.17) is 6.57 Å². The molecule has 0 radical (unpaired) electrons. The predicted octanol–water partition coefficient (Wildman–Crippen LogP) is 6.75. The van der Waals surface area contributed by atoms with E-state index < -0.39 is 11.7 Å². The van der Waals surface area contributed by atoms with E-state index in [0.717, 1.165) is 30.7 Å². The quantitative estimate of drug-likeness (QED) is 0.221.